The van der Waals surface area contributed by atoms with Crippen molar-refractivity contribution >= 4 is 11.3 Å². The van der Waals surface area contributed by atoms with Crippen molar-refractivity contribution in [1.29, 1.82) is 0 Å². The second kappa shape index (κ2) is 5.55. The summed E-state index contributed by atoms with van der Waals surface area (Å²) in [5.41, 5.74) is 5.09. The van der Waals surface area contributed by atoms with Gasteiger partial charge < -0.3 is 10.1 Å². The van der Waals surface area contributed by atoms with Crippen LogP contribution in [0.25, 0.3) is 10.4 Å². The van der Waals surface area contributed by atoms with Crippen LogP contribution < -0.4 is 10.1 Å². The Kier molecular flexibility index (Phi) is 4.04. The summed E-state index contributed by atoms with van der Waals surface area (Å²) in [6, 6.07) is 6.58. The van der Waals surface area contributed by atoms with E-state index in [9.17, 15) is 0 Å². The first kappa shape index (κ1) is 13.1. The van der Waals surface area contributed by atoms with Crippen LogP contribution in [-0.2, 0) is 6.54 Å². The van der Waals surface area contributed by atoms with E-state index in [0.717, 1.165) is 12.3 Å². The molecule has 0 atom stereocenters. The Morgan fingerprint density at radius 1 is 1.17 bits per heavy atom. The van der Waals surface area contributed by atoms with Gasteiger partial charge in [0.1, 0.15) is 5.75 Å². The smallest absolute Gasteiger partial charge is 0.122 e. The number of aryl methyl sites for hydroxylation is 2. The molecule has 2 nitrogen and oxygen atoms in total. The number of thiophene rings is 1. The molecule has 2 rings (SSSR count). The minimum Gasteiger partial charge on any atom is -0.496 e. The van der Waals surface area contributed by atoms with Crippen molar-refractivity contribution in [3.8, 4) is 16.2 Å². The van der Waals surface area contributed by atoms with E-state index in [0.29, 0.717) is 0 Å². The first-order valence-electron chi connectivity index (χ1n) is 6.03. The lowest BCUT2D eigenvalue weighted by Crippen LogP contribution is -2.03. The molecule has 0 aliphatic heterocycles. The lowest BCUT2D eigenvalue weighted by atomic mass is 10.0. The molecule has 1 aromatic heterocycles. The Bertz CT molecular complexity index is 545. The summed E-state index contributed by atoms with van der Waals surface area (Å²) >= 11 is 1.80. The highest BCUT2D eigenvalue weighted by molar-refractivity contribution is 7.13. The Balaban J connectivity index is 2.40. The van der Waals surface area contributed by atoms with Crippen LogP contribution in [0.2, 0.25) is 0 Å². The first-order chi connectivity index (χ1) is 8.65. The van der Waals surface area contributed by atoms with Crippen LogP contribution in [0, 0.1) is 13.8 Å². The minimum atomic E-state index is 0.921. The zero-order chi connectivity index (χ0) is 13.1. The van der Waals surface area contributed by atoms with E-state index in [-0.39, 0.29) is 0 Å². The van der Waals surface area contributed by atoms with Crippen LogP contribution in [-0.4, -0.2) is 14.2 Å². The Morgan fingerprint density at radius 3 is 2.61 bits per heavy atom. The predicted molar refractivity (Wildman–Crippen MR) is 78.5 cm³/mol. The van der Waals surface area contributed by atoms with Gasteiger partial charge in [-0.1, -0.05) is 0 Å². The molecule has 0 aliphatic rings. The lowest BCUT2D eigenvalue weighted by molar-refractivity contribution is 0.411. The van der Waals surface area contributed by atoms with Crippen molar-refractivity contribution in [2.75, 3.05) is 14.2 Å². The summed E-state index contributed by atoms with van der Waals surface area (Å²) < 4.78 is 5.35. The summed E-state index contributed by atoms with van der Waals surface area (Å²) in [6.45, 7) is 5.14. The molecule has 0 saturated carbocycles. The van der Waals surface area contributed by atoms with Crippen molar-refractivity contribution in [1.82, 2.24) is 5.32 Å². The summed E-state index contributed by atoms with van der Waals surface area (Å²) in [5.74, 6) is 0.961. The maximum Gasteiger partial charge on any atom is 0.122 e. The SMILES string of the molecule is CNCc1csc(-c2cc(C)c(OC)cc2C)c1. The average molecular weight is 261 g/mol. The van der Waals surface area contributed by atoms with Crippen LogP contribution in [0.1, 0.15) is 16.7 Å². The fourth-order valence-corrected chi connectivity index (χ4v) is 3.08. The quantitative estimate of drug-likeness (QED) is 0.905. The van der Waals surface area contributed by atoms with E-state index in [1.54, 1.807) is 18.4 Å². The number of methoxy groups -OCH3 is 1. The van der Waals surface area contributed by atoms with Crippen LogP contribution in [0.3, 0.4) is 0 Å². The third-order valence-electron chi connectivity index (χ3n) is 3.04. The van der Waals surface area contributed by atoms with E-state index < -0.39 is 0 Å². The number of benzene rings is 1. The van der Waals surface area contributed by atoms with Crippen LogP contribution >= 0.6 is 11.3 Å². The highest BCUT2D eigenvalue weighted by Gasteiger charge is 2.09. The van der Waals surface area contributed by atoms with Gasteiger partial charge >= 0.3 is 0 Å². The first-order valence-corrected chi connectivity index (χ1v) is 6.91. The molecule has 0 radical (unpaired) electrons. The zero-order valence-electron chi connectivity index (χ0n) is 11.3. The van der Waals surface area contributed by atoms with Crippen molar-refractivity contribution in [3.63, 3.8) is 0 Å². The van der Waals surface area contributed by atoms with Gasteiger partial charge in [0.05, 0.1) is 7.11 Å². The molecule has 0 aliphatic carbocycles. The van der Waals surface area contributed by atoms with Crippen molar-refractivity contribution in [2.24, 2.45) is 0 Å². The molecular weight excluding hydrogens is 242 g/mol. The lowest BCUT2D eigenvalue weighted by Gasteiger charge is -2.10. The maximum absolute atomic E-state index is 5.35. The molecule has 1 aromatic carbocycles. The number of rotatable bonds is 4. The summed E-state index contributed by atoms with van der Waals surface area (Å²) in [4.78, 5) is 1.32. The van der Waals surface area contributed by atoms with Gasteiger partial charge in [0, 0.05) is 11.4 Å². The third-order valence-corrected chi connectivity index (χ3v) is 4.05. The Hall–Kier alpha value is -1.32. The topological polar surface area (TPSA) is 21.3 Å². The highest BCUT2D eigenvalue weighted by Crippen LogP contribution is 2.33. The van der Waals surface area contributed by atoms with Gasteiger partial charge in [-0.25, -0.2) is 0 Å². The molecule has 18 heavy (non-hydrogen) atoms. The zero-order valence-corrected chi connectivity index (χ0v) is 12.1. The predicted octanol–water partition coefficient (Wildman–Crippen LogP) is 3.76. The molecule has 1 heterocycles. The molecule has 0 amide bonds. The van der Waals surface area contributed by atoms with E-state index in [1.165, 1.54) is 27.1 Å². The van der Waals surface area contributed by atoms with Gasteiger partial charge in [-0.3, -0.25) is 0 Å². The number of hydrogen-bond acceptors (Lipinski definition) is 3. The second-order valence-electron chi connectivity index (χ2n) is 4.49. The maximum atomic E-state index is 5.35. The highest BCUT2D eigenvalue weighted by atomic mass is 32.1. The van der Waals surface area contributed by atoms with E-state index in [1.807, 2.05) is 7.05 Å². The average Bonchev–Trinajstić information content (AvgIpc) is 2.80. The fraction of sp³-hybridized carbons (Fsp3) is 0.333. The molecule has 2 aromatic rings. The van der Waals surface area contributed by atoms with Crippen molar-refractivity contribution in [3.05, 3.63) is 40.3 Å². The third kappa shape index (κ3) is 2.57. The number of nitrogens with one attached hydrogen (secondary N) is 1. The summed E-state index contributed by atoms with van der Waals surface area (Å²) in [7, 11) is 3.69. The van der Waals surface area contributed by atoms with Gasteiger partial charge in [-0.05, 0) is 66.7 Å². The van der Waals surface area contributed by atoms with Crippen molar-refractivity contribution in [2.45, 2.75) is 20.4 Å². The second-order valence-corrected chi connectivity index (χ2v) is 5.40. The summed E-state index contributed by atoms with van der Waals surface area (Å²) in [6.07, 6.45) is 0. The van der Waals surface area contributed by atoms with Crippen LogP contribution in [0.4, 0.5) is 0 Å². The largest absolute Gasteiger partial charge is 0.496 e. The summed E-state index contributed by atoms with van der Waals surface area (Å²) in [5, 5.41) is 5.39. The molecule has 96 valence electrons. The Morgan fingerprint density at radius 2 is 1.94 bits per heavy atom. The number of hydrogen-bond donors (Lipinski definition) is 1. The van der Waals surface area contributed by atoms with Gasteiger partial charge in [0.25, 0.3) is 0 Å². The van der Waals surface area contributed by atoms with E-state index in [2.05, 4.69) is 42.7 Å². The standard InChI is InChI=1S/C15H19NOS/c1-10-6-14(17-4)11(2)5-13(10)15-7-12(8-16-3)9-18-15/h5-7,9,16H,8H2,1-4H3. The normalized spacial score (nSPS) is 10.7. The fourth-order valence-electron chi connectivity index (χ4n) is 2.09. The van der Waals surface area contributed by atoms with E-state index in [4.69, 9.17) is 4.74 Å². The molecular formula is C15H19NOS. The van der Waals surface area contributed by atoms with Gasteiger partial charge in [0.2, 0.25) is 0 Å². The molecule has 3 heteroatoms. The molecule has 0 saturated heterocycles. The van der Waals surface area contributed by atoms with Gasteiger partial charge in [-0.15, -0.1) is 11.3 Å². The molecule has 1 N–H and O–H groups in total. The van der Waals surface area contributed by atoms with E-state index >= 15 is 0 Å². The number of ether oxygens (including phenoxy) is 1. The van der Waals surface area contributed by atoms with Crippen LogP contribution in [0.15, 0.2) is 23.6 Å². The Labute approximate surface area is 113 Å². The molecule has 0 fully saturated rings. The van der Waals surface area contributed by atoms with Crippen LogP contribution in [0.5, 0.6) is 5.75 Å². The van der Waals surface area contributed by atoms with Crippen molar-refractivity contribution < 1.29 is 4.74 Å². The monoisotopic (exact) mass is 261 g/mol. The van der Waals surface area contributed by atoms with Gasteiger partial charge in [-0.2, -0.15) is 0 Å². The molecule has 0 spiro atoms. The minimum absolute atomic E-state index is 0.921. The van der Waals surface area contributed by atoms with Gasteiger partial charge in [0.15, 0.2) is 0 Å². The molecule has 0 bridgehead atoms. The molecule has 0 unspecified atom stereocenters.